The van der Waals surface area contributed by atoms with Gasteiger partial charge in [0.15, 0.2) is 6.29 Å². The molecule has 0 saturated carbocycles. The summed E-state index contributed by atoms with van der Waals surface area (Å²) in [5, 5.41) is 24.3. The van der Waals surface area contributed by atoms with E-state index in [1.165, 1.54) is 0 Å². The summed E-state index contributed by atoms with van der Waals surface area (Å²) in [5.74, 6) is -1.71. The van der Waals surface area contributed by atoms with Gasteiger partial charge in [-0.05, 0) is 37.1 Å². The zero-order chi connectivity index (χ0) is 21.7. The molecule has 0 aromatic heterocycles. The Labute approximate surface area is 181 Å². The molecule has 1 heterocycles. The van der Waals surface area contributed by atoms with E-state index in [2.05, 4.69) is 5.32 Å². The molecule has 3 rings (SSSR count). The van der Waals surface area contributed by atoms with Crippen molar-refractivity contribution in [2.75, 3.05) is 6.61 Å². The first-order valence-corrected chi connectivity index (χ1v) is 9.94. The third kappa shape index (κ3) is 5.00. The first kappa shape index (κ1) is 21.8. The number of dihydropyridines is 1. The van der Waals surface area contributed by atoms with E-state index < -0.39 is 18.2 Å². The average molecular weight is 426 g/mol. The topological polar surface area (TPSA) is 78.8 Å². The van der Waals surface area contributed by atoms with Gasteiger partial charge in [-0.2, -0.15) is 0 Å². The van der Waals surface area contributed by atoms with Crippen molar-refractivity contribution >= 4 is 23.6 Å². The van der Waals surface area contributed by atoms with E-state index in [1.807, 2.05) is 36.4 Å². The largest absolute Gasteiger partial charge is 0.478 e. The highest BCUT2D eigenvalue weighted by Gasteiger charge is 2.36. The number of carbonyl (C=O) groups is 1. The minimum Gasteiger partial charge on any atom is -0.478 e. The summed E-state index contributed by atoms with van der Waals surface area (Å²) >= 11 is 6.01. The van der Waals surface area contributed by atoms with Gasteiger partial charge < -0.3 is 20.3 Å². The zero-order valence-corrected chi connectivity index (χ0v) is 17.6. The maximum Gasteiger partial charge on any atom is 0.334 e. The first-order chi connectivity index (χ1) is 14.4. The van der Waals surface area contributed by atoms with Crippen LogP contribution in [0.1, 0.15) is 30.9 Å². The van der Waals surface area contributed by atoms with Crippen LogP contribution in [-0.2, 0) is 9.53 Å². The predicted octanol–water partition coefficient (Wildman–Crippen LogP) is 4.71. The van der Waals surface area contributed by atoms with Gasteiger partial charge >= 0.3 is 5.97 Å². The highest BCUT2D eigenvalue weighted by molar-refractivity contribution is 6.30. The molecule has 0 aliphatic carbocycles. The Balaban J connectivity index is 1.85. The first-order valence-electron chi connectivity index (χ1n) is 9.57. The van der Waals surface area contributed by atoms with Crippen molar-refractivity contribution < 1.29 is 19.7 Å². The van der Waals surface area contributed by atoms with Crippen molar-refractivity contribution in [1.29, 1.82) is 0 Å². The van der Waals surface area contributed by atoms with Gasteiger partial charge in [0.05, 0.1) is 12.2 Å². The molecule has 2 atom stereocenters. The van der Waals surface area contributed by atoms with Crippen LogP contribution in [0.4, 0.5) is 0 Å². The smallest absolute Gasteiger partial charge is 0.334 e. The van der Waals surface area contributed by atoms with Crippen LogP contribution in [0.15, 0.2) is 83.2 Å². The Morgan fingerprint density at radius 3 is 2.43 bits per heavy atom. The SMILES string of the molecule is CC1=C(C(=O)O)C(c2ccc(Cl)cc2)C(C(O)OC/C=C/c2ccccc2)=C(C)N1. The third-order valence-electron chi connectivity index (χ3n) is 4.97. The Hall–Kier alpha value is -2.86. The lowest BCUT2D eigenvalue weighted by molar-refractivity contribution is -0.133. The molecule has 5 nitrogen and oxygen atoms in total. The molecule has 1 aliphatic heterocycles. The van der Waals surface area contributed by atoms with E-state index in [-0.39, 0.29) is 12.2 Å². The molecule has 3 N–H and O–H groups in total. The van der Waals surface area contributed by atoms with Gasteiger partial charge in [0, 0.05) is 27.9 Å². The molecule has 0 fully saturated rings. The van der Waals surface area contributed by atoms with Crippen molar-refractivity contribution in [3.05, 3.63) is 99.4 Å². The molecule has 0 spiro atoms. The number of hydrogen-bond acceptors (Lipinski definition) is 4. The number of ether oxygens (including phenoxy) is 1. The lowest BCUT2D eigenvalue weighted by Gasteiger charge is -2.33. The standard InChI is InChI=1S/C24H24ClNO4/c1-15-20(23(27)28)22(18-10-12-19(25)13-11-18)21(16(2)26-15)24(29)30-14-6-9-17-7-4-3-5-8-17/h3-13,22,24,26,29H,14H2,1-2H3,(H,27,28)/b9-6+. The van der Waals surface area contributed by atoms with Crippen LogP contribution in [0.2, 0.25) is 5.02 Å². The minimum absolute atomic E-state index is 0.167. The van der Waals surface area contributed by atoms with E-state index >= 15 is 0 Å². The van der Waals surface area contributed by atoms with Crippen molar-refractivity contribution in [1.82, 2.24) is 5.32 Å². The summed E-state index contributed by atoms with van der Waals surface area (Å²) in [4.78, 5) is 12.0. The second kappa shape index (κ2) is 9.76. The molecule has 2 aromatic carbocycles. The van der Waals surface area contributed by atoms with Gasteiger partial charge in [-0.1, -0.05) is 66.2 Å². The minimum atomic E-state index is -1.28. The highest BCUT2D eigenvalue weighted by Crippen LogP contribution is 2.40. The van der Waals surface area contributed by atoms with Gasteiger partial charge in [0.1, 0.15) is 0 Å². The molecule has 6 heteroatoms. The molecule has 0 bridgehead atoms. The van der Waals surface area contributed by atoms with E-state index in [0.29, 0.717) is 22.0 Å². The quantitative estimate of drug-likeness (QED) is 0.560. The number of aliphatic hydroxyl groups is 1. The third-order valence-corrected chi connectivity index (χ3v) is 5.22. The highest BCUT2D eigenvalue weighted by atomic mass is 35.5. The van der Waals surface area contributed by atoms with Crippen molar-refractivity contribution in [2.45, 2.75) is 26.1 Å². The molecule has 2 unspecified atom stereocenters. The number of benzene rings is 2. The van der Waals surface area contributed by atoms with E-state index in [1.54, 1.807) is 44.2 Å². The normalized spacial score (nSPS) is 17.9. The van der Waals surface area contributed by atoms with Crippen LogP contribution in [0.3, 0.4) is 0 Å². The summed E-state index contributed by atoms with van der Waals surface area (Å²) in [5.41, 5.74) is 3.57. The van der Waals surface area contributed by atoms with Crippen LogP contribution < -0.4 is 5.32 Å². The Morgan fingerprint density at radius 1 is 1.13 bits per heavy atom. The van der Waals surface area contributed by atoms with Crippen LogP contribution >= 0.6 is 11.6 Å². The summed E-state index contributed by atoms with van der Waals surface area (Å²) in [7, 11) is 0. The van der Waals surface area contributed by atoms with Gasteiger partial charge in [0.2, 0.25) is 0 Å². The number of hydrogen-bond donors (Lipinski definition) is 3. The fraction of sp³-hybridized carbons (Fsp3) is 0.208. The van der Waals surface area contributed by atoms with Crippen molar-refractivity contribution in [3.63, 3.8) is 0 Å². The molecule has 0 amide bonds. The summed E-state index contributed by atoms with van der Waals surface area (Å²) in [6, 6.07) is 16.7. The maximum absolute atomic E-state index is 12.0. The van der Waals surface area contributed by atoms with Crippen LogP contribution in [0, 0.1) is 0 Å². The molecule has 30 heavy (non-hydrogen) atoms. The zero-order valence-electron chi connectivity index (χ0n) is 16.8. The molecule has 1 aliphatic rings. The van der Waals surface area contributed by atoms with Gasteiger partial charge in [-0.3, -0.25) is 0 Å². The second-order valence-corrected chi connectivity index (χ2v) is 7.47. The number of halogens is 1. The molecular formula is C24H24ClNO4. The fourth-order valence-corrected chi connectivity index (χ4v) is 3.73. The predicted molar refractivity (Wildman–Crippen MR) is 118 cm³/mol. The second-order valence-electron chi connectivity index (χ2n) is 7.03. The molecule has 0 radical (unpaired) electrons. The Morgan fingerprint density at radius 2 is 1.80 bits per heavy atom. The van der Waals surface area contributed by atoms with Crippen LogP contribution in [-0.4, -0.2) is 29.1 Å². The molecule has 0 saturated heterocycles. The van der Waals surface area contributed by atoms with Gasteiger partial charge in [-0.25, -0.2) is 4.79 Å². The number of allylic oxidation sites excluding steroid dienone is 2. The molecule has 156 valence electrons. The van der Waals surface area contributed by atoms with Crippen LogP contribution in [0.25, 0.3) is 6.08 Å². The number of nitrogens with one attached hydrogen (secondary N) is 1. The lowest BCUT2D eigenvalue weighted by Crippen LogP contribution is -2.33. The average Bonchev–Trinajstić information content (AvgIpc) is 2.71. The van der Waals surface area contributed by atoms with Crippen LogP contribution in [0.5, 0.6) is 0 Å². The fourth-order valence-electron chi connectivity index (χ4n) is 3.61. The number of rotatable bonds is 7. The maximum atomic E-state index is 12.0. The Kier molecular flexibility index (Phi) is 7.11. The number of carboxylic acid groups (broad SMARTS) is 1. The van der Waals surface area contributed by atoms with Crippen molar-refractivity contribution in [3.8, 4) is 0 Å². The van der Waals surface area contributed by atoms with Crippen molar-refractivity contribution in [2.24, 2.45) is 0 Å². The van der Waals surface area contributed by atoms with E-state index in [4.69, 9.17) is 16.3 Å². The van der Waals surface area contributed by atoms with Gasteiger partial charge in [-0.15, -0.1) is 0 Å². The summed E-state index contributed by atoms with van der Waals surface area (Å²) in [6.07, 6.45) is 2.43. The number of carboxylic acids is 1. The summed E-state index contributed by atoms with van der Waals surface area (Å²) < 4.78 is 5.64. The number of aliphatic carboxylic acids is 1. The van der Waals surface area contributed by atoms with E-state index in [0.717, 1.165) is 11.1 Å². The summed E-state index contributed by atoms with van der Waals surface area (Å²) in [6.45, 7) is 3.68. The Bertz CT molecular complexity index is 994. The molecular weight excluding hydrogens is 402 g/mol. The lowest BCUT2D eigenvalue weighted by atomic mass is 9.80. The molecule has 2 aromatic rings. The monoisotopic (exact) mass is 425 g/mol. The van der Waals surface area contributed by atoms with Gasteiger partial charge in [0.25, 0.3) is 0 Å². The van der Waals surface area contributed by atoms with E-state index in [9.17, 15) is 15.0 Å². The number of aliphatic hydroxyl groups excluding tert-OH is 1.